The van der Waals surface area contributed by atoms with E-state index in [0.717, 1.165) is 11.0 Å². The number of hydrogen-bond acceptors (Lipinski definition) is 8. The number of carboxylic acid groups (broad SMARTS) is 1. The average molecular weight is 570 g/mol. The first-order valence-corrected chi connectivity index (χ1v) is 13.6. The summed E-state index contributed by atoms with van der Waals surface area (Å²) in [5.41, 5.74) is 1.30. The quantitative estimate of drug-likeness (QED) is 0.291. The second kappa shape index (κ2) is 12.7. The highest BCUT2D eigenvalue weighted by molar-refractivity contribution is 7.91. The fraction of sp³-hybridized carbons (Fsp3) is 0.250. The van der Waals surface area contributed by atoms with E-state index in [0.29, 0.717) is 28.4 Å². The van der Waals surface area contributed by atoms with Gasteiger partial charge >= 0.3 is 5.97 Å². The Morgan fingerprint density at radius 2 is 1.65 bits per heavy atom. The zero-order valence-electron chi connectivity index (χ0n) is 23.0. The molecule has 4 rings (SSSR count). The number of aliphatic hydroxyl groups excluding tert-OH is 1. The zero-order valence-corrected chi connectivity index (χ0v) is 23.8. The van der Waals surface area contributed by atoms with Gasteiger partial charge in [-0.2, -0.15) is 0 Å². The molecule has 3 aromatic carbocycles. The lowest BCUT2D eigenvalue weighted by atomic mass is 10.2. The molecule has 0 aliphatic carbocycles. The van der Waals surface area contributed by atoms with E-state index in [9.17, 15) is 13.2 Å². The topological polar surface area (TPSA) is 141 Å². The smallest absolute Gasteiger partial charge is 0.335 e. The van der Waals surface area contributed by atoms with Crippen LogP contribution in [-0.2, 0) is 9.84 Å². The van der Waals surface area contributed by atoms with E-state index in [1.54, 1.807) is 49.7 Å². The predicted molar refractivity (Wildman–Crippen MR) is 149 cm³/mol. The molecule has 0 bridgehead atoms. The maximum atomic E-state index is 13.3. The van der Waals surface area contributed by atoms with Gasteiger partial charge in [0.25, 0.3) is 0 Å². The van der Waals surface area contributed by atoms with Gasteiger partial charge in [-0.15, -0.1) is 5.10 Å². The van der Waals surface area contributed by atoms with Crippen LogP contribution in [-0.4, -0.2) is 92.6 Å². The Morgan fingerprint density at radius 1 is 0.975 bits per heavy atom. The summed E-state index contributed by atoms with van der Waals surface area (Å²) < 4.78 is 39.6. The fourth-order valence-electron chi connectivity index (χ4n) is 3.60. The minimum Gasteiger partial charge on any atom is -0.497 e. The number of benzene rings is 3. The van der Waals surface area contributed by atoms with Gasteiger partial charge in [0.05, 0.1) is 63.5 Å². The molecule has 4 aromatic rings. The van der Waals surface area contributed by atoms with E-state index >= 15 is 0 Å². The number of nitrogens with zero attached hydrogens (tertiary/aromatic N) is 4. The molecule has 212 valence electrons. The van der Waals surface area contributed by atoms with Crippen molar-refractivity contribution in [2.75, 3.05) is 48.5 Å². The maximum Gasteiger partial charge on any atom is 0.335 e. The van der Waals surface area contributed by atoms with Crippen LogP contribution in [0.3, 0.4) is 0 Å². The Kier molecular flexibility index (Phi) is 9.64. The van der Waals surface area contributed by atoms with Gasteiger partial charge in [0.2, 0.25) is 9.84 Å². The predicted octanol–water partition coefficient (Wildman–Crippen LogP) is 3.17. The molecule has 0 aliphatic rings. The first-order chi connectivity index (χ1) is 18.9. The van der Waals surface area contributed by atoms with E-state index in [1.807, 2.05) is 0 Å². The lowest BCUT2D eigenvalue weighted by Crippen LogP contribution is -2.36. The van der Waals surface area contributed by atoms with Crippen LogP contribution < -0.4 is 9.47 Å². The SMILES string of the molecule is COc1ccc(-n2cc(-c3ccccc3S(=O)(=O)c3ccc(C(=O)O)cc3)nn2)c(OC)c1.C[N+](C)(C)CCO. The molecule has 0 saturated heterocycles. The van der Waals surface area contributed by atoms with Crippen molar-refractivity contribution in [3.05, 3.63) is 78.5 Å². The Hall–Kier alpha value is -4.26. The molecule has 0 saturated carbocycles. The summed E-state index contributed by atoms with van der Waals surface area (Å²) in [6, 6.07) is 16.7. The molecule has 0 spiro atoms. The van der Waals surface area contributed by atoms with Gasteiger partial charge < -0.3 is 24.2 Å². The highest BCUT2D eigenvalue weighted by Crippen LogP contribution is 2.32. The van der Waals surface area contributed by atoms with Crippen LogP contribution in [0.5, 0.6) is 11.5 Å². The molecule has 2 N–H and O–H groups in total. The first kappa shape index (κ1) is 30.3. The summed E-state index contributed by atoms with van der Waals surface area (Å²) >= 11 is 0. The summed E-state index contributed by atoms with van der Waals surface area (Å²) in [6.45, 7) is 1.11. The van der Waals surface area contributed by atoms with Gasteiger partial charge in [0, 0.05) is 11.6 Å². The number of quaternary nitrogens is 1. The zero-order chi connectivity index (χ0) is 29.5. The van der Waals surface area contributed by atoms with Crippen LogP contribution in [0.25, 0.3) is 16.9 Å². The van der Waals surface area contributed by atoms with Crippen LogP contribution in [0.1, 0.15) is 10.4 Å². The minimum absolute atomic E-state index is 0.00128. The first-order valence-electron chi connectivity index (χ1n) is 12.1. The number of aromatic nitrogens is 3. The van der Waals surface area contributed by atoms with E-state index in [4.69, 9.17) is 19.7 Å². The molecule has 12 heteroatoms. The summed E-state index contributed by atoms with van der Waals surface area (Å²) in [4.78, 5) is 11.1. The number of sulfone groups is 1. The van der Waals surface area contributed by atoms with Gasteiger partial charge in [-0.25, -0.2) is 17.9 Å². The number of ether oxygens (including phenoxy) is 2. The number of aromatic carboxylic acids is 1. The molecule has 0 amide bonds. The summed E-state index contributed by atoms with van der Waals surface area (Å²) in [7, 11) is 5.28. The van der Waals surface area contributed by atoms with Crippen molar-refractivity contribution in [2.45, 2.75) is 9.79 Å². The van der Waals surface area contributed by atoms with Crippen LogP contribution in [0.15, 0.2) is 82.7 Å². The number of carbonyl (C=O) groups is 1. The number of methoxy groups -OCH3 is 2. The van der Waals surface area contributed by atoms with Crippen molar-refractivity contribution in [1.29, 1.82) is 0 Å². The van der Waals surface area contributed by atoms with Crippen LogP contribution in [0.2, 0.25) is 0 Å². The lowest BCUT2D eigenvalue weighted by molar-refractivity contribution is -0.870. The molecule has 1 aromatic heterocycles. The third kappa shape index (κ3) is 7.23. The molecular formula is C28H33N4O7S+. The van der Waals surface area contributed by atoms with Crippen LogP contribution in [0.4, 0.5) is 0 Å². The van der Waals surface area contributed by atoms with Gasteiger partial charge in [-0.1, -0.05) is 23.4 Å². The van der Waals surface area contributed by atoms with Gasteiger partial charge in [-0.05, 0) is 42.5 Å². The largest absolute Gasteiger partial charge is 0.497 e. The van der Waals surface area contributed by atoms with E-state index < -0.39 is 15.8 Å². The summed E-state index contributed by atoms with van der Waals surface area (Å²) in [5, 5.41) is 25.8. The molecule has 1 heterocycles. The van der Waals surface area contributed by atoms with Crippen molar-refractivity contribution in [3.8, 4) is 28.4 Å². The van der Waals surface area contributed by atoms with Gasteiger partial charge in [0.1, 0.15) is 29.4 Å². The number of carboxylic acids is 1. The fourth-order valence-corrected chi connectivity index (χ4v) is 5.06. The average Bonchev–Trinajstić information content (AvgIpc) is 3.42. The summed E-state index contributed by atoms with van der Waals surface area (Å²) in [5.74, 6) is -0.0172. The molecule has 0 aliphatic heterocycles. The third-order valence-electron chi connectivity index (χ3n) is 5.76. The lowest BCUT2D eigenvalue weighted by Gasteiger charge is -2.21. The monoisotopic (exact) mass is 569 g/mol. The molecule has 40 heavy (non-hydrogen) atoms. The number of likely N-dealkylation sites (N-methyl/N-ethyl adjacent to an activating group) is 1. The third-order valence-corrected chi connectivity index (χ3v) is 7.59. The van der Waals surface area contributed by atoms with E-state index in [1.165, 1.54) is 42.1 Å². The van der Waals surface area contributed by atoms with E-state index in [-0.39, 0.29) is 22.0 Å². The van der Waals surface area contributed by atoms with Crippen molar-refractivity contribution in [2.24, 2.45) is 0 Å². The minimum atomic E-state index is -3.95. The molecule has 0 atom stereocenters. The van der Waals surface area contributed by atoms with Gasteiger partial charge in [0.15, 0.2) is 0 Å². The Morgan fingerprint density at radius 3 is 2.20 bits per heavy atom. The Labute approximate surface area is 233 Å². The van der Waals surface area contributed by atoms with Crippen molar-refractivity contribution in [1.82, 2.24) is 15.0 Å². The molecule has 0 unspecified atom stereocenters. The Balaban J connectivity index is 0.000000559. The van der Waals surface area contributed by atoms with Crippen molar-refractivity contribution >= 4 is 15.8 Å². The van der Waals surface area contributed by atoms with Gasteiger partial charge in [-0.3, -0.25) is 0 Å². The standard InChI is InChI=1S/C23H19N3O6S.C5H14NO/c1-31-16-9-12-20(21(13-16)32-2)26-14-19(24-25-26)18-5-3-4-6-22(18)33(29,30)17-10-7-15(8-11-17)23(27)28;1-6(2,3)4-5-7/h3-14H,1-2H3,(H,27,28);7H,4-5H2,1-3H3/q;+1. The number of aliphatic hydroxyl groups is 1. The highest BCUT2D eigenvalue weighted by atomic mass is 32.2. The van der Waals surface area contributed by atoms with Crippen molar-refractivity contribution in [3.63, 3.8) is 0 Å². The molecule has 0 fully saturated rings. The molecule has 11 nitrogen and oxygen atoms in total. The maximum absolute atomic E-state index is 13.3. The van der Waals surface area contributed by atoms with E-state index in [2.05, 4.69) is 31.5 Å². The second-order valence-electron chi connectivity index (χ2n) is 9.65. The second-order valence-corrected chi connectivity index (χ2v) is 11.6. The number of hydrogen-bond donors (Lipinski definition) is 2. The normalized spacial score (nSPS) is 11.3. The summed E-state index contributed by atoms with van der Waals surface area (Å²) in [6.07, 6.45) is 1.60. The van der Waals surface area contributed by atoms with Crippen LogP contribution in [0, 0.1) is 0 Å². The Bertz CT molecular complexity index is 1560. The van der Waals surface area contributed by atoms with Crippen LogP contribution >= 0.6 is 0 Å². The van der Waals surface area contributed by atoms with Crippen molar-refractivity contribution < 1.29 is 37.4 Å². The molecular weight excluding hydrogens is 536 g/mol. The highest BCUT2D eigenvalue weighted by Gasteiger charge is 2.24. The number of rotatable bonds is 9. The molecule has 0 radical (unpaired) electrons.